The third kappa shape index (κ3) is 3.31. The molecule has 0 saturated heterocycles. The van der Waals surface area contributed by atoms with Gasteiger partial charge in [0, 0.05) is 0 Å². The first-order valence-electron chi connectivity index (χ1n) is 6.52. The van der Waals surface area contributed by atoms with E-state index in [4.69, 9.17) is 15.2 Å². The van der Waals surface area contributed by atoms with E-state index in [2.05, 4.69) is 0 Å². The fourth-order valence-electron chi connectivity index (χ4n) is 1.83. The number of hydrogen-bond acceptors (Lipinski definition) is 4. The Morgan fingerprint density at radius 1 is 1.29 bits per heavy atom. The van der Waals surface area contributed by atoms with Crippen LogP contribution in [0.25, 0.3) is 0 Å². The number of carbonyl (C=O) groups is 1. The topological polar surface area (TPSA) is 61.5 Å². The predicted molar refractivity (Wildman–Crippen MR) is 78.0 cm³/mol. The van der Waals surface area contributed by atoms with Crippen molar-refractivity contribution < 1.29 is 18.7 Å². The van der Waals surface area contributed by atoms with Crippen molar-refractivity contribution in [1.82, 2.24) is 0 Å². The lowest BCUT2D eigenvalue weighted by Crippen LogP contribution is -2.08. The second-order valence-electron chi connectivity index (χ2n) is 4.45. The van der Waals surface area contributed by atoms with E-state index in [0.29, 0.717) is 17.1 Å². The number of nitrogens with two attached hydrogens (primary N) is 1. The SMILES string of the molecule is CCOC(=O)c1cccc(Oc2ccc(F)c(C)c2)c1N. The highest BCUT2D eigenvalue weighted by Crippen LogP contribution is 2.31. The normalized spacial score (nSPS) is 10.2. The number of aryl methyl sites for hydroxylation is 1. The average Bonchev–Trinajstić information content (AvgIpc) is 2.45. The summed E-state index contributed by atoms with van der Waals surface area (Å²) in [5, 5.41) is 0. The molecule has 0 atom stereocenters. The minimum absolute atomic E-state index is 0.193. The van der Waals surface area contributed by atoms with Crippen molar-refractivity contribution in [3.63, 3.8) is 0 Å². The van der Waals surface area contributed by atoms with E-state index in [1.165, 1.54) is 12.1 Å². The summed E-state index contributed by atoms with van der Waals surface area (Å²) in [5.74, 6) is -0.0421. The van der Waals surface area contributed by atoms with Crippen LogP contribution in [-0.2, 0) is 4.74 Å². The predicted octanol–water partition coefficient (Wildman–Crippen LogP) is 3.69. The van der Waals surface area contributed by atoms with Gasteiger partial charge in [0.2, 0.25) is 0 Å². The average molecular weight is 289 g/mol. The molecule has 0 aliphatic rings. The Hall–Kier alpha value is -2.56. The quantitative estimate of drug-likeness (QED) is 0.689. The fraction of sp³-hybridized carbons (Fsp3) is 0.188. The molecule has 110 valence electrons. The number of para-hydroxylation sites is 1. The van der Waals surface area contributed by atoms with E-state index in [0.717, 1.165) is 0 Å². The van der Waals surface area contributed by atoms with Gasteiger partial charge in [-0.3, -0.25) is 0 Å². The summed E-state index contributed by atoms with van der Waals surface area (Å²) in [6.07, 6.45) is 0. The molecule has 0 fully saturated rings. The van der Waals surface area contributed by atoms with E-state index >= 15 is 0 Å². The monoisotopic (exact) mass is 289 g/mol. The molecule has 21 heavy (non-hydrogen) atoms. The molecule has 0 aliphatic carbocycles. The van der Waals surface area contributed by atoms with Gasteiger partial charge in [-0.05, 0) is 49.7 Å². The molecule has 0 aromatic heterocycles. The van der Waals surface area contributed by atoms with Crippen molar-refractivity contribution in [3.8, 4) is 11.5 Å². The third-order valence-electron chi connectivity index (χ3n) is 2.92. The zero-order chi connectivity index (χ0) is 15.4. The fourth-order valence-corrected chi connectivity index (χ4v) is 1.83. The number of benzene rings is 2. The van der Waals surface area contributed by atoms with Crippen LogP contribution in [0.4, 0.5) is 10.1 Å². The van der Waals surface area contributed by atoms with Gasteiger partial charge in [0.15, 0.2) is 5.75 Å². The second-order valence-corrected chi connectivity index (χ2v) is 4.45. The molecule has 2 rings (SSSR count). The van der Waals surface area contributed by atoms with Gasteiger partial charge in [-0.2, -0.15) is 0 Å². The molecular weight excluding hydrogens is 273 g/mol. The van der Waals surface area contributed by atoms with Crippen molar-refractivity contribution in [2.24, 2.45) is 0 Å². The van der Waals surface area contributed by atoms with Crippen molar-refractivity contribution in [3.05, 3.63) is 53.3 Å². The Balaban J connectivity index is 2.30. The summed E-state index contributed by atoms with van der Waals surface area (Å²) in [4.78, 5) is 11.8. The molecule has 0 radical (unpaired) electrons. The van der Waals surface area contributed by atoms with Crippen LogP contribution in [0.2, 0.25) is 0 Å². The molecule has 4 nitrogen and oxygen atoms in total. The molecule has 2 aromatic carbocycles. The van der Waals surface area contributed by atoms with E-state index in [1.807, 2.05) is 0 Å². The highest BCUT2D eigenvalue weighted by molar-refractivity contribution is 5.96. The third-order valence-corrected chi connectivity index (χ3v) is 2.92. The van der Waals surface area contributed by atoms with Crippen molar-refractivity contribution >= 4 is 11.7 Å². The number of anilines is 1. The van der Waals surface area contributed by atoms with E-state index in [-0.39, 0.29) is 23.7 Å². The van der Waals surface area contributed by atoms with Crippen LogP contribution < -0.4 is 10.5 Å². The zero-order valence-corrected chi connectivity index (χ0v) is 11.9. The van der Waals surface area contributed by atoms with Gasteiger partial charge >= 0.3 is 5.97 Å². The van der Waals surface area contributed by atoms with Gasteiger partial charge in [0.1, 0.15) is 11.6 Å². The van der Waals surface area contributed by atoms with Gasteiger partial charge in [-0.25, -0.2) is 9.18 Å². The summed E-state index contributed by atoms with van der Waals surface area (Å²) in [7, 11) is 0. The highest BCUT2D eigenvalue weighted by Gasteiger charge is 2.15. The van der Waals surface area contributed by atoms with Crippen molar-refractivity contribution in [2.75, 3.05) is 12.3 Å². The highest BCUT2D eigenvalue weighted by atomic mass is 19.1. The molecule has 5 heteroatoms. The first-order chi connectivity index (χ1) is 10.0. The van der Waals surface area contributed by atoms with Gasteiger partial charge in [-0.15, -0.1) is 0 Å². The number of carbonyl (C=O) groups excluding carboxylic acids is 1. The number of esters is 1. The minimum atomic E-state index is -0.504. The largest absolute Gasteiger partial charge is 0.462 e. The number of halogens is 1. The number of ether oxygens (including phenoxy) is 2. The molecule has 0 bridgehead atoms. The van der Waals surface area contributed by atoms with E-state index in [9.17, 15) is 9.18 Å². The Morgan fingerprint density at radius 3 is 2.71 bits per heavy atom. The summed E-state index contributed by atoms with van der Waals surface area (Å²) >= 11 is 0. The molecule has 2 N–H and O–H groups in total. The second kappa shape index (κ2) is 6.26. The van der Waals surface area contributed by atoms with Crippen molar-refractivity contribution in [2.45, 2.75) is 13.8 Å². The molecule has 0 spiro atoms. The Labute approximate surface area is 122 Å². The first-order valence-corrected chi connectivity index (χ1v) is 6.52. The Morgan fingerprint density at radius 2 is 2.05 bits per heavy atom. The minimum Gasteiger partial charge on any atom is -0.462 e. The number of hydrogen-bond donors (Lipinski definition) is 1. The summed E-state index contributed by atoms with van der Waals surface area (Å²) in [6, 6.07) is 9.22. The molecule has 0 aliphatic heterocycles. The Kier molecular flexibility index (Phi) is 4.42. The van der Waals surface area contributed by atoms with Crippen LogP contribution in [-0.4, -0.2) is 12.6 Å². The van der Waals surface area contributed by atoms with Crippen LogP contribution in [0, 0.1) is 12.7 Å². The zero-order valence-electron chi connectivity index (χ0n) is 11.9. The van der Waals surface area contributed by atoms with Crippen molar-refractivity contribution in [1.29, 1.82) is 0 Å². The van der Waals surface area contributed by atoms with Gasteiger partial charge in [0.25, 0.3) is 0 Å². The standard InChI is InChI=1S/C16H16FNO3/c1-3-20-16(19)12-5-4-6-14(15(12)18)21-11-7-8-13(17)10(2)9-11/h4-9H,3,18H2,1-2H3. The lowest BCUT2D eigenvalue weighted by molar-refractivity contribution is 0.0527. The summed E-state index contributed by atoms with van der Waals surface area (Å²) < 4.78 is 23.8. The van der Waals surface area contributed by atoms with Crippen LogP contribution in [0.3, 0.4) is 0 Å². The van der Waals surface area contributed by atoms with E-state index in [1.54, 1.807) is 38.1 Å². The molecule has 0 heterocycles. The first kappa shape index (κ1) is 14.8. The maximum atomic E-state index is 13.2. The molecule has 0 amide bonds. The van der Waals surface area contributed by atoms with Crippen LogP contribution >= 0.6 is 0 Å². The van der Waals surface area contributed by atoms with Crippen LogP contribution in [0.1, 0.15) is 22.8 Å². The lowest BCUT2D eigenvalue weighted by atomic mass is 10.1. The molecule has 0 saturated carbocycles. The summed E-state index contributed by atoms with van der Waals surface area (Å²) in [5.41, 5.74) is 6.83. The molecule has 2 aromatic rings. The van der Waals surface area contributed by atoms with Crippen LogP contribution in [0.15, 0.2) is 36.4 Å². The maximum absolute atomic E-state index is 13.2. The smallest absolute Gasteiger partial charge is 0.340 e. The molecule has 0 unspecified atom stereocenters. The van der Waals surface area contributed by atoms with Gasteiger partial charge in [-0.1, -0.05) is 6.07 Å². The number of nitrogen functional groups attached to an aromatic ring is 1. The lowest BCUT2D eigenvalue weighted by Gasteiger charge is -2.12. The number of rotatable bonds is 4. The summed E-state index contributed by atoms with van der Waals surface area (Å²) in [6.45, 7) is 3.62. The van der Waals surface area contributed by atoms with Gasteiger partial charge in [0.05, 0.1) is 17.9 Å². The van der Waals surface area contributed by atoms with Crippen LogP contribution in [0.5, 0.6) is 11.5 Å². The maximum Gasteiger partial charge on any atom is 0.340 e. The Bertz CT molecular complexity index is 671. The van der Waals surface area contributed by atoms with Gasteiger partial charge < -0.3 is 15.2 Å². The molecular formula is C16H16FNO3. The van der Waals surface area contributed by atoms with E-state index < -0.39 is 5.97 Å².